The number of amides is 3. The Morgan fingerprint density at radius 1 is 0.923 bits per heavy atom. The molecule has 1 rings (SSSR count). The third-order valence-electron chi connectivity index (χ3n) is 5.70. The van der Waals surface area contributed by atoms with Crippen LogP contribution >= 0.6 is 0 Å². The van der Waals surface area contributed by atoms with Crippen LogP contribution in [0.25, 0.3) is 0 Å². The van der Waals surface area contributed by atoms with Crippen molar-refractivity contribution in [3.05, 3.63) is 29.8 Å². The van der Waals surface area contributed by atoms with E-state index in [-0.39, 0.29) is 43.4 Å². The number of benzene rings is 1. The van der Waals surface area contributed by atoms with Crippen molar-refractivity contribution < 1.29 is 34.5 Å². The predicted octanol–water partition coefficient (Wildman–Crippen LogP) is -1.72. The molecule has 1 aromatic carbocycles. The van der Waals surface area contributed by atoms with Crippen molar-refractivity contribution in [3.63, 3.8) is 0 Å². The standard InChI is InChI=1S/C25H41N7O7/c1-13(2)11-19(24(38)39)31-23(37)20(14(3)33)32-22(36)18(12-15-6-8-16(34)9-7-15)30-21(35)17(26)5-4-10-29-25(27)28/h6-9,13-14,17-20,33-34H,4-5,10-12,26H2,1-3H3,(H,30,35)(H,31,37)(H,32,36)(H,38,39)(H4,27,28,29). The summed E-state index contributed by atoms with van der Waals surface area (Å²) in [5.41, 5.74) is 17.1. The number of aliphatic hydroxyl groups excluding tert-OH is 1. The second-order valence-electron chi connectivity index (χ2n) is 9.74. The van der Waals surface area contributed by atoms with E-state index in [4.69, 9.17) is 17.2 Å². The van der Waals surface area contributed by atoms with E-state index in [0.717, 1.165) is 0 Å². The maximum atomic E-state index is 13.3. The Morgan fingerprint density at radius 2 is 1.51 bits per heavy atom. The molecule has 3 amide bonds. The van der Waals surface area contributed by atoms with Crippen LogP contribution in [-0.4, -0.2) is 81.8 Å². The zero-order chi connectivity index (χ0) is 29.7. The number of hydrogen-bond acceptors (Lipinski definition) is 8. The first-order valence-corrected chi connectivity index (χ1v) is 12.6. The Kier molecular flexibility index (Phi) is 13.7. The highest BCUT2D eigenvalue weighted by molar-refractivity contribution is 5.94. The third kappa shape index (κ3) is 12.5. The molecule has 1 aromatic rings. The van der Waals surface area contributed by atoms with Crippen LogP contribution in [-0.2, 0) is 25.6 Å². The Labute approximate surface area is 227 Å². The van der Waals surface area contributed by atoms with Gasteiger partial charge in [-0.2, -0.15) is 0 Å². The first-order valence-electron chi connectivity index (χ1n) is 12.6. The summed E-state index contributed by atoms with van der Waals surface area (Å²) in [4.78, 5) is 54.3. The van der Waals surface area contributed by atoms with Crippen LogP contribution in [0, 0.1) is 5.92 Å². The second-order valence-corrected chi connectivity index (χ2v) is 9.74. The van der Waals surface area contributed by atoms with Gasteiger partial charge in [0.15, 0.2) is 5.96 Å². The number of phenols is 1. The number of rotatable bonds is 16. The quantitative estimate of drug-likeness (QED) is 0.0638. The first-order chi connectivity index (χ1) is 18.2. The highest BCUT2D eigenvalue weighted by atomic mass is 16.4. The number of nitrogens with one attached hydrogen (secondary N) is 3. The van der Waals surface area contributed by atoms with E-state index in [0.29, 0.717) is 12.0 Å². The molecule has 5 atom stereocenters. The van der Waals surface area contributed by atoms with Gasteiger partial charge >= 0.3 is 5.97 Å². The lowest BCUT2D eigenvalue weighted by molar-refractivity contribution is -0.143. The molecule has 0 aromatic heterocycles. The van der Waals surface area contributed by atoms with Gasteiger partial charge in [-0.3, -0.25) is 19.4 Å². The average Bonchev–Trinajstić information content (AvgIpc) is 2.84. The van der Waals surface area contributed by atoms with Crippen LogP contribution in [0.1, 0.15) is 45.6 Å². The average molecular weight is 552 g/mol. The van der Waals surface area contributed by atoms with E-state index in [1.165, 1.54) is 19.1 Å². The Bertz CT molecular complexity index is 995. The number of carbonyl (C=O) groups is 4. The van der Waals surface area contributed by atoms with Gasteiger partial charge in [-0.1, -0.05) is 26.0 Å². The molecule has 0 heterocycles. The smallest absolute Gasteiger partial charge is 0.326 e. The first kappa shape index (κ1) is 33.1. The number of nitrogens with zero attached hydrogens (tertiary/aromatic N) is 1. The highest BCUT2D eigenvalue weighted by Gasteiger charge is 2.33. The number of hydrogen-bond donors (Lipinski definition) is 9. The van der Waals surface area contributed by atoms with E-state index in [1.54, 1.807) is 26.0 Å². The number of carboxylic acids is 1. The number of aromatic hydroxyl groups is 1. The van der Waals surface area contributed by atoms with Gasteiger partial charge in [-0.25, -0.2) is 4.79 Å². The maximum Gasteiger partial charge on any atom is 0.326 e. The fraction of sp³-hybridized carbons (Fsp3) is 0.560. The third-order valence-corrected chi connectivity index (χ3v) is 5.70. The molecule has 0 radical (unpaired) electrons. The fourth-order valence-electron chi connectivity index (χ4n) is 3.62. The van der Waals surface area contributed by atoms with E-state index in [2.05, 4.69) is 20.9 Å². The van der Waals surface area contributed by atoms with Gasteiger partial charge in [0.25, 0.3) is 0 Å². The van der Waals surface area contributed by atoms with Crippen molar-refractivity contribution >= 4 is 29.7 Å². The van der Waals surface area contributed by atoms with Gasteiger partial charge in [0.2, 0.25) is 17.7 Å². The van der Waals surface area contributed by atoms with Crippen LogP contribution in [0.3, 0.4) is 0 Å². The summed E-state index contributed by atoms with van der Waals surface area (Å²) in [6, 6.07) is 1.00. The maximum absolute atomic E-state index is 13.3. The Balaban J connectivity index is 3.06. The number of guanidine groups is 1. The number of aliphatic imine (C=N–C) groups is 1. The molecular weight excluding hydrogens is 510 g/mol. The fourth-order valence-corrected chi connectivity index (χ4v) is 3.62. The van der Waals surface area contributed by atoms with Gasteiger partial charge in [-0.05, 0) is 49.8 Å². The van der Waals surface area contributed by atoms with E-state index in [9.17, 15) is 34.5 Å². The molecule has 12 N–H and O–H groups in total. The Hall–Kier alpha value is -3.91. The number of nitrogens with two attached hydrogens (primary N) is 3. The van der Waals surface area contributed by atoms with Crippen molar-refractivity contribution in [2.45, 2.75) is 76.7 Å². The number of carboxylic acid groups (broad SMARTS) is 1. The minimum Gasteiger partial charge on any atom is -0.508 e. The van der Waals surface area contributed by atoms with Gasteiger partial charge in [-0.15, -0.1) is 0 Å². The molecule has 218 valence electrons. The molecule has 14 heteroatoms. The van der Waals surface area contributed by atoms with Crippen molar-refractivity contribution in [2.75, 3.05) is 6.54 Å². The minimum absolute atomic E-state index is 0.00630. The van der Waals surface area contributed by atoms with Crippen molar-refractivity contribution in [1.82, 2.24) is 16.0 Å². The molecule has 0 saturated heterocycles. The second kappa shape index (κ2) is 16.1. The molecule has 0 bridgehead atoms. The zero-order valence-electron chi connectivity index (χ0n) is 22.5. The lowest BCUT2D eigenvalue weighted by Crippen LogP contribution is -2.60. The molecule has 0 aliphatic heterocycles. The van der Waals surface area contributed by atoms with Crippen LogP contribution in [0.4, 0.5) is 0 Å². The van der Waals surface area contributed by atoms with Gasteiger partial charge < -0.3 is 48.5 Å². The minimum atomic E-state index is -1.50. The normalized spacial score (nSPS) is 14.8. The van der Waals surface area contributed by atoms with Gasteiger partial charge in [0.05, 0.1) is 12.1 Å². The number of carbonyl (C=O) groups excluding carboxylic acids is 3. The summed E-state index contributed by atoms with van der Waals surface area (Å²) in [5.74, 6) is -3.71. The molecule has 0 fully saturated rings. The van der Waals surface area contributed by atoms with E-state index >= 15 is 0 Å². The van der Waals surface area contributed by atoms with Crippen molar-refractivity contribution in [1.29, 1.82) is 0 Å². The summed E-state index contributed by atoms with van der Waals surface area (Å²) in [6.07, 6.45) is -0.640. The van der Waals surface area contributed by atoms with Crippen LogP contribution in [0.5, 0.6) is 5.75 Å². The zero-order valence-corrected chi connectivity index (χ0v) is 22.5. The highest BCUT2D eigenvalue weighted by Crippen LogP contribution is 2.12. The molecule has 39 heavy (non-hydrogen) atoms. The van der Waals surface area contributed by atoms with Gasteiger partial charge in [0.1, 0.15) is 23.9 Å². The molecule has 0 saturated carbocycles. The molecule has 5 unspecified atom stereocenters. The molecule has 0 aliphatic rings. The molecule has 0 aliphatic carbocycles. The lowest BCUT2D eigenvalue weighted by atomic mass is 10.0. The molecule has 0 spiro atoms. The van der Waals surface area contributed by atoms with Crippen molar-refractivity contribution in [2.24, 2.45) is 28.1 Å². The monoisotopic (exact) mass is 551 g/mol. The number of aliphatic hydroxyl groups is 1. The van der Waals surface area contributed by atoms with Crippen molar-refractivity contribution in [3.8, 4) is 5.75 Å². The summed E-state index contributed by atoms with van der Waals surface area (Å²) in [5, 5.41) is 36.5. The topological polar surface area (TPSA) is 255 Å². The summed E-state index contributed by atoms with van der Waals surface area (Å²) in [6.45, 7) is 5.11. The summed E-state index contributed by atoms with van der Waals surface area (Å²) < 4.78 is 0. The molecular formula is C25H41N7O7. The van der Waals surface area contributed by atoms with Crippen LogP contribution < -0.4 is 33.2 Å². The Morgan fingerprint density at radius 3 is 2.03 bits per heavy atom. The molecule has 14 nitrogen and oxygen atoms in total. The van der Waals surface area contributed by atoms with Crippen LogP contribution in [0.15, 0.2) is 29.3 Å². The van der Waals surface area contributed by atoms with Gasteiger partial charge in [0, 0.05) is 13.0 Å². The summed E-state index contributed by atoms with van der Waals surface area (Å²) >= 11 is 0. The number of aliphatic carboxylic acids is 1. The summed E-state index contributed by atoms with van der Waals surface area (Å²) in [7, 11) is 0. The largest absolute Gasteiger partial charge is 0.508 e. The number of phenolic OH excluding ortho intramolecular Hbond substituents is 1. The van der Waals surface area contributed by atoms with E-state index < -0.39 is 54.0 Å². The van der Waals surface area contributed by atoms with E-state index in [1.807, 2.05) is 0 Å². The van der Waals surface area contributed by atoms with Crippen LogP contribution in [0.2, 0.25) is 0 Å². The predicted molar refractivity (Wildman–Crippen MR) is 144 cm³/mol. The SMILES string of the molecule is CC(C)CC(NC(=O)C(NC(=O)C(Cc1ccc(O)cc1)NC(=O)C(N)CCCN=C(N)N)C(C)O)C(=O)O. The lowest BCUT2D eigenvalue weighted by Gasteiger charge is -2.27.